The van der Waals surface area contributed by atoms with E-state index in [2.05, 4.69) is 6.92 Å². The van der Waals surface area contributed by atoms with E-state index in [1.54, 1.807) is 13.0 Å². The van der Waals surface area contributed by atoms with Gasteiger partial charge in [-0.25, -0.2) is 4.79 Å². The maximum Gasteiger partial charge on any atom is 0.331 e. The van der Waals surface area contributed by atoms with Gasteiger partial charge in [-0.05, 0) is 99.4 Å². The van der Waals surface area contributed by atoms with Gasteiger partial charge in [0.2, 0.25) is 0 Å². The van der Waals surface area contributed by atoms with Crippen molar-refractivity contribution in [2.24, 2.45) is 34.5 Å². The lowest BCUT2D eigenvalue weighted by atomic mass is 9.43. The fourth-order valence-electron chi connectivity index (χ4n) is 12.9. The van der Waals surface area contributed by atoms with Crippen molar-refractivity contribution in [3.8, 4) is 0 Å². The number of cyclic esters (lactones) is 1. The number of rotatable bonds is 10. The number of carbonyl (C=O) groups excluding carboxylic acids is 1. The molecule has 0 radical (unpaired) electrons. The summed E-state index contributed by atoms with van der Waals surface area (Å²) in [5.41, 5.74) is -0.786. The monoisotopic (exact) mass is 860 g/mol. The normalized spacial score (nSPS) is 54.4. The molecule has 4 saturated carbocycles. The summed E-state index contributed by atoms with van der Waals surface area (Å²) in [7, 11) is 0. The second kappa shape index (κ2) is 17.2. The van der Waals surface area contributed by atoms with Gasteiger partial charge in [-0.3, -0.25) is 0 Å². The zero-order valence-electron chi connectivity index (χ0n) is 34.0. The third kappa shape index (κ3) is 7.30. The van der Waals surface area contributed by atoms with Crippen LogP contribution in [0.5, 0.6) is 0 Å². The molecule has 0 aromatic heterocycles. The molecular weight excluding hydrogens is 796 g/mol. The van der Waals surface area contributed by atoms with Crippen LogP contribution in [0.4, 0.5) is 0 Å². The van der Waals surface area contributed by atoms with Gasteiger partial charge < -0.3 is 89.3 Å². The molecule has 0 amide bonds. The number of aliphatic hydroxyl groups excluding tert-OH is 10. The average Bonchev–Trinajstić information content (AvgIpc) is 3.79. The van der Waals surface area contributed by atoms with E-state index in [0.717, 1.165) is 37.7 Å². The Hall–Kier alpha value is -1.47. The smallest absolute Gasteiger partial charge is 0.331 e. The highest BCUT2D eigenvalue weighted by molar-refractivity contribution is 5.85. The van der Waals surface area contributed by atoms with Crippen LogP contribution in [0.25, 0.3) is 0 Å². The van der Waals surface area contributed by atoms with Crippen molar-refractivity contribution in [3.63, 3.8) is 0 Å². The Morgan fingerprint density at radius 2 is 1.32 bits per heavy atom. The largest absolute Gasteiger partial charge is 0.458 e. The minimum absolute atomic E-state index is 0.00142. The van der Waals surface area contributed by atoms with Crippen LogP contribution in [0.15, 0.2) is 11.6 Å². The molecule has 4 aliphatic heterocycles. The second-order valence-corrected chi connectivity index (χ2v) is 19.0. The lowest BCUT2D eigenvalue weighted by Crippen LogP contribution is -2.66. The number of hydrogen-bond acceptors (Lipinski definition) is 19. The molecule has 8 rings (SSSR count). The van der Waals surface area contributed by atoms with Gasteiger partial charge in [0.15, 0.2) is 18.9 Å². The third-order valence-electron chi connectivity index (χ3n) is 16.3. The Balaban J connectivity index is 0.876. The molecule has 0 spiro atoms. The third-order valence-corrected chi connectivity index (χ3v) is 16.3. The molecule has 8 aliphatic rings. The lowest BCUT2D eigenvalue weighted by molar-refractivity contribution is -0.379. The van der Waals surface area contributed by atoms with Gasteiger partial charge in [0.05, 0.1) is 31.0 Å². The maximum atomic E-state index is 12.6. The standard InChI is InChI=1S/C41H64O19/c1-17-34(59-38-33(52)30(49)35(25(14-43)58-38)60-37-31(50)28(47)27(46)24(13-42)57-37)29(48)32(51)36(55-17)56-20-5-9-40(16-44)19(12-20)3-4-23-22(40)6-8-39(2)21(7-10-41(23,39)53)18-11-26(45)54-15-18/h11,17,19-25,27-38,42-44,46-53H,3-10,12-16H2,1-2H3/t17-,19+,20+,21-,22+,23-,24-,25-,27-,28+,29+,30-,31-,32-,33-,34-,35-,36+,37+,38+,39-,40-,41+/m1/s1. The molecule has 7 fully saturated rings. The Kier molecular flexibility index (Phi) is 12.9. The Morgan fingerprint density at radius 3 is 1.97 bits per heavy atom. The van der Waals surface area contributed by atoms with E-state index in [1.807, 2.05) is 0 Å². The van der Waals surface area contributed by atoms with E-state index in [9.17, 15) is 61.0 Å². The van der Waals surface area contributed by atoms with Crippen LogP contribution in [-0.4, -0.2) is 192 Å². The molecular formula is C41H64O19. The zero-order chi connectivity index (χ0) is 43.1. The number of aliphatic hydroxyl groups is 11. The average molecular weight is 861 g/mol. The molecule has 4 heterocycles. The number of fused-ring (bicyclic) bond motifs is 5. The molecule has 19 nitrogen and oxygen atoms in total. The van der Waals surface area contributed by atoms with E-state index in [0.29, 0.717) is 25.7 Å². The quantitative estimate of drug-likeness (QED) is 0.0775. The van der Waals surface area contributed by atoms with Crippen LogP contribution in [0.3, 0.4) is 0 Å². The van der Waals surface area contributed by atoms with Gasteiger partial charge in [-0.1, -0.05) is 6.92 Å². The highest BCUT2D eigenvalue weighted by Crippen LogP contribution is 2.70. The molecule has 19 heteroatoms. The number of hydrogen-bond donors (Lipinski definition) is 11. The summed E-state index contributed by atoms with van der Waals surface area (Å²) in [4.78, 5) is 11.9. The van der Waals surface area contributed by atoms with Crippen LogP contribution in [0, 0.1) is 34.5 Å². The summed E-state index contributed by atoms with van der Waals surface area (Å²) in [6.45, 7) is 2.46. The van der Waals surface area contributed by atoms with Crippen LogP contribution < -0.4 is 0 Å². The summed E-state index contributed by atoms with van der Waals surface area (Å²) < 4.78 is 40.3. The summed E-state index contributed by atoms with van der Waals surface area (Å²) >= 11 is 0. The van der Waals surface area contributed by atoms with Gasteiger partial charge in [0, 0.05) is 18.1 Å². The van der Waals surface area contributed by atoms with Crippen LogP contribution in [0.2, 0.25) is 0 Å². The van der Waals surface area contributed by atoms with E-state index in [4.69, 9.17) is 33.2 Å². The van der Waals surface area contributed by atoms with Gasteiger partial charge in [-0.2, -0.15) is 0 Å². The number of ether oxygens (including phenoxy) is 7. The topological polar surface area (TPSA) is 304 Å². The number of carbonyl (C=O) groups is 1. The minimum Gasteiger partial charge on any atom is -0.458 e. The van der Waals surface area contributed by atoms with Crippen molar-refractivity contribution in [2.45, 2.75) is 175 Å². The Labute approximate surface area is 347 Å². The van der Waals surface area contributed by atoms with Crippen molar-refractivity contribution in [3.05, 3.63) is 11.6 Å². The Morgan fingerprint density at radius 1 is 0.683 bits per heavy atom. The summed E-state index contributed by atoms with van der Waals surface area (Å²) in [6.07, 6.45) is -15.8. The molecule has 11 N–H and O–H groups in total. The predicted molar refractivity (Wildman–Crippen MR) is 200 cm³/mol. The SMILES string of the molecule is C[C@H]1O[C@@H](O[C@H]2CC[C@@]3(CO)[C@@H](CC[C@@H]4[C@@H]3CC[C@]3(C)[C@@H](C5=CC(=O)OC5)CC[C@]43O)C2)[C@H](O)[C@H](O)[C@@H]1O[C@@H]1O[C@H](CO)[C@@H](O[C@@H]2O[C@H](CO)[C@@H](O)[C@H](O)[C@H]2O)[C@H](O)[C@H]1O. The van der Waals surface area contributed by atoms with Crippen LogP contribution in [-0.2, 0) is 38.0 Å². The van der Waals surface area contributed by atoms with Gasteiger partial charge >= 0.3 is 5.97 Å². The summed E-state index contributed by atoms with van der Waals surface area (Å²) in [5, 5.41) is 119. The lowest BCUT2D eigenvalue weighted by Gasteiger charge is -2.64. The molecule has 23 atom stereocenters. The van der Waals surface area contributed by atoms with E-state index >= 15 is 0 Å². The van der Waals surface area contributed by atoms with Crippen LogP contribution in [0.1, 0.15) is 71.6 Å². The molecule has 0 unspecified atom stereocenters. The van der Waals surface area contributed by atoms with Crippen molar-refractivity contribution >= 4 is 5.97 Å². The predicted octanol–water partition coefficient (Wildman–Crippen LogP) is -2.92. The van der Waals surface area contributed by atoms with Crippen molar-refractivity contribution in [1.29, 1.82) is 0 Å². The molecule has 0 bridgehead atoms. The number of esters is 1. The molecule has 0 aromatic carbocycles. The first-order valence-corrected chi connectivity index (χ1v) is 21.6. The summed E-state index contributed by atoms with van der Waals surface area (Å²) in [5.74, 6) is -0.0804. The first-order valence-electron chi connectivity index (χ1n) is 21.6. The molecule has 3 saturated heterocycles. The molecule has 60 heavy (non-hydrogen) atoms. The fourth-order valence-corrected chi connectivity index (χ4v) is 12.9. The first kappa shape index (κ1) is 45.1. The van der Waals surface area contributed by atoms with E-state index in [1.165, 1.54) is 0 Å². The molecule has 0 aromatic rings. The highest BCUT2D eigenvalue weighted by Gasteiger charge is 2.68. The maximum absolute atomic E-state index is 12.6. The zero-order valence-corrected chi connectivity index (χ0v) is 34.0. The van der Waals surface area contributed by atoms with Crippen molar-refractivity contribution in [1.82, 2.24) is 0 Å². The van der Waals surface area contributed by atoms with Gasteiger partial charge in [0.25, 0.3) is 0 Å². The first-order chi connectivity index (χ1) is 28.5. The minimum atomic E-state index is -1.86. The van der Waals surface area contributed by atoms with Gasteiger partial charge in [-0.15, -0.1) is 0 Å². The molecule has 4 aliphatic carbocycles. The Bertz CT molecular complexity index is 1560. The molecule has 342 valence electrons. The van der Waals surface area contributed by atoms with Gasteiger partial charge in [0.1, 0.15) is 73.8 Å². The fraction of sp³-hybridized carbons (Fsp3) is 0.927. The van der Waals surface area contributed by atoms with Crippen LogP contribution >= 0.6 is 0 Å². The summed E-state index contributed by atoms with van der Waals surface area (Å²) in [6, 6.07) is 0. The second-order valence-electron chi connectivity index (χ2n) is 19.0. The van der Waals surface area contributed by atoms with Crippen molar-refractivity contribution < 1.29 is 94.1 Å². The van der Waals surface area contributed by atoms with E-state index < -0.39 is 122 Å². The van der Waals surface area contributed by atoms with E-state index in [-0.39, 0.29) is 49.0 Å². The van der Waals surface area contributed by atoms with Crippen molar-refractivity contribution in [2.75, 3.05) is 26.4 Å². The highest BCUT2D eigenvalue weighted by atomic mass is 16.8.